The van der Waals surface area contributed by atoms with Crippen LogP contribution in [0.5, 0.6) is 0 Å². The fourth-order valence-corrected chi connectivity index (χ4v) is 6.93. The smallest absolute Gasteiger partial charge is 0.136 e. The maximum Gasteiger partial charge on any atom is 0.136 e. The second-order valence-corrected chi connectivity index (χ2v) is 11.3. The Kier molecular flexibility index (Phi) is 5.27. The highest BCUT2D eigenvalue weighted by Crippen LogP contribution is 2.45. The van der Waals surface area contributed by atoms with Crippen molar-refractivity contribution in [2.75, 3.05) is 0 Å². The van der Waals surface area contributed by atoms with Crippen LogP contribution in [-0.4, -0.2) is 0 Å². The third-order valence-corrected chi connectivity index (χ3v) is 8.87. The summed E-state index contributed by atoms with van der Waals surface area (Å²) in [7, 11) is 0. The van der Waals surface area contributed by atoms with Crippen molar-refractivity contribution in [2.45, 2.75) is 0 Å². The highest BCUT2D eigenvalue weighted by atomic mass is 16.3. The van der Waals surface area contributed by atoms with Crippen molar-refractivity contribution < 1.29 is 4.42 Å². The monoisotopic (exact) mass is 546 g/mol. The van der Waals surface area contributed by atoms with Crippen LogP contribution in [0.25, 0.3) is 87.6 Å². The Bertz CT molecular complexity index is 2430. The summed E-state index contributed by atoms with van der Waals surface area (Å²) in [6.45, 7) is 0. The van der Waals surface area contributed by atoms with Crippen molar-refractivity contribution in [3.63, 3.8) is 0 Å². The molecule has 9 aromatic rings. The molecule has 200 valence electrons. The molecule has 1 heteroatoms. The number of hydrogen-bond donors (Lipinski definition) is 0. The molecule has 0 spiro atoms. The van der Waals surface area contributed by atoms with Gasteiger partial charge in [0.1, 0.15) is 11.2 Å². The number of hydrogen-bond acceptors (Lipinski definition) is 1. The minimum Gasteiger partial charge on any atom is -0.456 e. The van der Waals surface area contributed by atoms with E-state index in [9.17, 15) is 0 Å². The number of furan rings is 1. The van der Waals surface area contributed by atoms with Crippen LogP contribution in [0.4, 0.5) is 0 Å². The molecule has 0 amide bonds. The number of benzene rings is 8. The van der Waals surface area contributed by atoms with Crippen molar-refractivity contribution in [1.82, 2.24) is 0 Å². The third-order valence-electron chi connectivity index (χ3n) is 8.87. The van der Waals surface area contributed by atoms with Crippen molar-refractivity contribution in [3.05, 3.63) is 158 Å². The molecule has 0 bridgehead atoms. The lowest BCUT2D eigenvalue weighted by atomic mass is 9.85. The predicted molar refractivity (Wildman–Crippen MR) is 183 cm³/mol. The van der Waals surface area contributed by atoms with Crippen LogP contribution >= 0.6 is 0 Å². The van der Waals surface area contributed by atoms with Crippen LogP contribution in [0.15, 0.2) is 162 Å². The Morgan fingerprint density at radius 1 is 0.302 bits per heavy atom. The summed E-state index contributed by atoms with van der Waals surface area (Å²) in [5.41, 5.74) is 9.22. The molecule has 1 aromatic heterocycles. The maximum atomic E-state index is 6.31. The van der Waals surface area contributed by atoms with E-state index >= 15 is 0 Å². The molecule has 43 heavy (non-hydrogen) atoms. The molecule has 0 unspecified atom stereocenters. The molecule has 0 aliphatic rings. The fourth-order valence-electron chi connectivity index (χ4n) is 6.93. The van der Waals surface area contributed by atoms with E-state index in [-0.39, 0.29) is 0 Å². The second-order valence-electron chi connectivity index (χ2n) is 11.3. The predicted octanol–water partition coefficient (Wildman–Crippen LogP) is 12.0. The largest absolute Gasteiger partial charge is 0.456 e. The average molecular weight is 547 g/mol. The Morgan fingerprint density at radius 2 is 0.791 bits per heavy atom. The number of para-hydroxylation sites is 1. The van der Waals surface area contributed by atoms with Gasteiger partial charge in [0.2, 0.25) is 0 Å². The van der Waals surface area contributed by atoms with Crippen molar-refractivity contribution in [2.24, 2.45) is 0 Å². The van der Waals surface area contributed by atoms with E-state index in [1.165, 1.54) is 60.1 Å². The average Bonchev–Trinajstić information content (AvgIpc) is 3.45. The van der Waals surface area contributed by atoms with Crippen LogP contribution < -0.4 is 0 Å². The van der Waals surface area contributed by atoms with Crippen LogP contribution in [0.1, 0.15) is 0 Å². The minimum absolute atomic E-state index is 0.917. The topological polar surface area (TPSA) is 13.1 Å². The highest BCUT2D eigenvalue weighted by Gasteiger charge is 2.18. The first-order valence-corrected chi connectivity index (χ1v) is 14.8. The Balaban J connectivity index is 1.26. The van der Waals surface area contributed by atoms with Gasteiger partial charge in [-0.25, -0.2) is 0 Å². The molecular formula is C42H26O. The summed E-state index contributed by atoms with van der Waals surface area (Å²) in [5, 5.41) is 9.82. The summed E-state index contributed by atoms with van der Waals surface area (Å²) < 4.78 is 6.31. The van der Waals surface area contributed by atoms with Gasteiger partial charge < -0.3 is 4.42 Å². The molecule has 0 fully saturated rings. The molecule has 0 atom stereocenters. The van der Waals surface area contributed by atoms with Gasteiger partial charge in [-0.15, -0.1) is 0 Å². The van der Waals surface area contributed by atoms with E-state index < -0.39 is 0 Å². The van der Waals surface area contributed by atoms with Gasteiger partial charge in [-0.1, -0.05) is 140 Å². The number of rotatable bonds is 3. The van der Waals surface area contributed by atoms with Crippen LogP contribution in [0.2, 0.25) is 0 Å². The molecule has 8 aromatic carbocycles. The summed E-state index contributed by atoms with van der Waals surface area (Å²) in [4.78, 5) is 0. The Hall–Kier alpha value is -5.66. The zero-order chi connectivity index (χ0) is 28.3. The van der Waals surface area contributed by atoms with Crippen LogP contribution in [0.3, 0.4) is 0 Å². The van der Waals surface area contributed by atoms with Gasteiger partial charge in [-0.2, -0.15) is 0 Å². The maximum absolute atomic E-state index is 6.31. The standard InChI is InChI=1S/C42H26O/c1-2-12-31-27(10-1)11-9-18-32(31)28-20-22-29(23-21-28)41-35-14-3-5-16-37(35)42(38-17-6-4-15-36(38)41)30-24-25-34-33-13-7-8-19-39(33)43-40(34)26-30/h1-26H. The molecule has 0 saturated carbocycles. The zero-order valence-electron chi connectivity index (χ0n) is 23.4. The molecule has 0 radical (unpaired) electrons. The van der Waals surface area contributed by atoms with Gasteiger partial charge in [0.15, 0.2) is 0 Å². The molecule has 0 aliphatic heterocycles. The molecule has 0 N–H and O–H groups in total. The quantitative estimate of drug-likeness (QED) is 0.201. The highest BCUT2D eigenvalue weighted by molar-refractivity contribution is 6.22. The lowest BCUT2D eigenvalue weighted by Crippen LogP contribution is -1.91. The van der Waals surface area contributed by atoms with Gasteiger partial charge >= 0.3 is 0 Å². The molecular weight excluding hydrogens is 520 g/mol. The molecule has 0 aliphatic carbocycles. The summed E-state index contributed by atoms with van der Waals surface area (Å²) in [6.07, 6.45) is 0. The van der Waals surface area contributed by atoms with Gasteiger partial charge in [-0.05, 0) is 83.9 Å². The Labute approximate surface area is 249 Å². The molecule has 1 nitrogen and oxygen atoms in total. The number of fused-ring (bicyclic) bond motifs is 6. The van der Waals surface area contributed by atoms with E-state index in [1.54, 1.807) is 0 Å². The molecule has 9 rings (SSSR count). The molecule has 1 heterocycles. The normalized spacial score (nSPS) is 11.7. The van der Waals surface area contributed by atoms with Crippen molar-refractivity contribution in [1.29, 1.82) is 0 Å². The van der Waals surface area contributed by atoms with E-state index in [0.717, 1.165) is 27.5 Å². The van der Waals surface area contributed by atoms with Crippen molar-refractivity contribution in [3.8, 4) is 33.4 Å². The van der Waals surface area contributed by atoms with E-state index in [4.69, 9.17) is 4.42 Å². The first kappa shape index (κ1) is 24.0. The lowest BCUT2D eigenvalue weighted by molar-refractivity contribution is 0.669. The lowest BCUT2D eigenvalue weighted by Gasteiger charge is -2.18. The first-order chi connectivity index (χ1) is 21.3. The Morgan fingerprint density at radius 3 is 1.49 bits per heavy atom. The summed E-state index contributed by atoms with van der Waals surface area (Å²) >= 11 is 0. The first-order valence-electron chi connectivity index (χ1n) is 14.8. The minimum atomic E-state index is 0.917. The van der Waals surface area contributed by atoms with Gasteiger partial charge in [0.05, 0.1) is 0 Å². The van der Waals surface area contributed by atoms with E-state index in [1.807, 2.05) is 12.1 Å². The van der Waals surface area contributed by atoms with Gasteiger partial charge in [0, 0.05) is 10.8 Å². The van der Waals surface area contributed by atoms with Crippen molar-refractivity contribution >= 4 is 54.3 Å². The van der Waals surface area contributed by atoms with Gasteiger partial charge in [0.25, 0.3) is 0 Å². The molecule has 0 saturated heterocycles. The fraction of sp³-hybridized carbons (Fsp3) is 0. The summed E-state index contributed by atoms with van der Waals surface area (Å²) in [6, 6.07) is 56.8. The van der Waals surface area contributed by atoms with Crippen LogP contribution in [-0.2, 0) is 0 Å². The zero-order valence-corrected chi connectivity index (χ0v) is 23.4. The van der Waals surface area contributed by atoms with Crippen LogP contribution in [0, 0.1) is 0 Å². The SMILES string of the molecule is c1ccc2c(-c3ccc(-c4c5ccccc5c(-c5ccc6c(c5)oc5ccccc56)c5ccccc45)cc3)cccc2c1. The van der Waals surface area contributed by atoms with E-state index in [0.29, 0.717) is 0 Å². The van der Waals surface area contributed by atoms with E-state index in [2.05, 4.69) is 146 Å². The summed E-state index contributed by atoms with van der Waals surface area (Å²) in [5.74, 6) is 0. The third kappa shape index (κ3) is 3.72. The van der Waals surface area contributed by atoms with Gasteiger partial charge in [-0.3, -0.25) is 0 Å². The second kappa shape index (κ2) is 9.44.